The number of esters is 1. The molecule has 0 spiro atoms. The van der Waals surface area contributed by atoms with E-state index in [2.05, 4.69) is 30.6 Å². The number of ketones is 3. The molecule has 2 saturated heterocycles. The van der Waals surface area contributed by atoms with E-state index in [4.69, 9.17) is 82.9 Å². The van der Waals surface area contributed by atoms with Crippen molar-refractivity contribution in [3.63, 3.8) is 0 Å². The van der Waals surface area contributed by atoms with Crippen molar-refractivity contribution in [3.05, 3.63) is 90.1 Å². The van der Waals surface area contributed by atoms with Crippen molar-refractivity contribution in [3.8, 4) is 17.1 Å². The lowest BCUT2D eigenvalue weighted by Crippen LogP contribution is -2.58. The molecule has 3 aliphatic heterocycles. The van der Waals surface area contributed by atoms with Gasteiger partial charge in [-0.15, -0.1) is 5.10 Å². The second-order valence-corrected chi connectivity index (χ2v) is 32.6. The van der Waals surface area contributed by atoms with Gasteiger partial charge in [0.15, 0.2) is 11.4 Å². The predicted molar refractivity (Wildman–Crippen MR) is 460 cm³/mol. The highest BCUT2D eigenvalue weighted by Gasteiger charge is 2.50. The molecule has 2 amide bonds. The Morgan fingerprint density at radius 2 is 1.38 bits per heavy atom. The number of aliphatic hydroxyl groups is 3. The summed E-state index contributed by atoms with van der Waals surface area (Å²) in [5.74, 6) is -7.80. The number of fused-ring (bicyclic) bond motifs is 5. The van der Waals surface area contributed by atoms with Gasteiger partial charge >= 0.3 is 5.97 Å². The van der Waals surface area contributed by atoms with Crippen LogP contribution in [0.3, 0.4) is 0 Å². The number of aliphatic hydroxyl groups excluding tert-OH is 2. The van der Waals surface area contributed by atoms with Crippen LogP contribution >= 0.6 is 0 Å². The molecule has 4 aromatic heterocycles. The van der Waals surface area contributed by atoms with Crippen molar-refractivity contribution in [1.29, 1.82) is 0 Å². The van der Waals surface area contributed by atoms with E-state index < -0.39 is 89.5 Å². The molecule has 0 radical (unpaired) electrons. The van der Waals surface area contributed by atoms with Crippen LogP contribution in [0.5, 0.6) is 5.75 Å². The second kappa shape index (κ2) is 53.5. The Balaban J connectivity index is 0.578. The van der Waals surface area contributed by atoms with E-state index >= 15 is 0 Å². The smallest absolute Gasteiger partial charge is 0.329 e. The number of nitrogen functional groups attached to an aromatic ring is 1. The Morgan fingerprint density at radius 3 is 2.02 bits per heavy atom. The first-order chi connectivity index (χ1) is 60.4. The van der Waals surface area contributed by atoms with E-state index in [0.717, 1.165) is 39.9 Å². The predicted octanol–water partition coefficient (Wildman–Crippen LogP) is 6.67. The number of piperidine rings is 1. The summed E-state index contributed by atoms with van der Waals surface area (Å²) < 4.78 is 84.1. The molecule has 5 aromatic rings. The number of benzene rings is 1. The number of amides is 2. The summed E-state index contributed by atoms with van der Waals surface area (Å²) in [6.07, 6.45) is 14.1. The number of ether oxygens (including phenoxy) is 14. The Morgan fingerprint density at radius 1 is 0.728 bits per heavy atom. The minimum atomic E-state index is -2.46. The van der Waals surface area contributed by atoms with Crippen LogP contribution in [-0.2, 0) is 108 Å². The highest BCUT2D eigenvalue weighted by Crippen LogP contribution is 2.39. The number of hydrogen-bond donors (Lipinski definition) is 8. The van der Waals surface area contributed by atoms with E-state index in [0.29, 0.717) is 218 Å². The van der Waals surface area contributed by atoms with Crippen LogP contribution < -0.4 is 16.8 Å². The molecule has 7 heterocycles. The number of aromatic amines is 1. The second-order valence-electron chi connectivity index (χ2n) is 32.6. The first kappa shape index (κ1) is 101. The molecule has 2 bridgehead atoms. The highest BCUT2D eigenvalue weighted by molar-refractivity contribution is 6.39. The van der Waals surface area contributed by atoms with Crippen LogP contribution in [0.1, 0.15) is 149 Å². The number of H-pyrrole nitrogens is 1. The summed E-state index contributed by atoms with van der Waals surface area (Å²) in [4.78, 5) is 96.7. The third-order valence-corrected chi connectivity index (χ3v) is 23.0. The Labute approximate surface area is 731 Å². The third kappa shape index (κ3) is 32.2. The van der Waals surface area contributed by atoms with E-state index in [1.54, 1.807) is 55.6 Å². The molecule has 694 valence electrons. The third-order valence-electron chi connectivity index (χ3n) is 23.0. The number of aryl methyl sites for hydroxylation is 1. The number of rotatable bonds is 44. The minimum Gasteiger partial charge on any atom is -0.508 e. The van der Waals surface area contributed by atoms with Crippen LogP contribution in [0, 0.1) is 23.7 Å². The van der Waals surface area contributed by atoms with Gasteiger partial charge in [0, 0.05) is 88.3 Å². The zero-order valence-electron chi connectivity index (χ0n) is 73.7. The van der Waals surface area contributed by atoms with Crippen molar-refractivity contribution < 1.29 is 116 Å². The summed E-state index contributed by atoms with van der Waals surface area (Å²) in [5, 5.41) is 62.3. The SMILES string of the molecule is CO[C@H]1C[C@@H]2CCC[C@@](O)(O2)C(=O)C(=O)N2CCCC[C@H]2C(=O)O[C@H]([C@H](N)C[C@@H]2CC[C@H](n3cc(COCCOCCOCCOCCOCCOCCOCCOCCOCCOCCC(=O)NCCCCn4nc(-c5cc6cc(O)ccc6[nH]5)c5c(N)ncnc54)nn3)[C@H](OC)C2)CC(=O)[C@H](C)/C=C(\C)[C@@H](O)[C@@H](O)C(=O)[C@H](C)C[C@H](C)/C=C/C=C/C=C/1C. The molecular weight excluding hydrogens is 1620 g/mol. The molecule has 1 aromatic carbocycles. The minimum absolute atomic E-state index is 0.0216. The van der Waals surface area contributed by atoms with Crippen LogP contribution in [0.15, 0.2) is 84.4 Å². The first-order valence-electron chi connectivity index (χ1n) is 44.1. The van der Waals surface area contributed by atoms with Gasteiger partial charge in [-0.1, -0.05) is 62.4 Å². The quantitative estimate of drug-likeness (QED) is 0.00873. The number of nitrogens with one attached hydrogen (secondary N) is 2. The van der Waals surface area contributed by atoms with Crippen molar-refractivity contribution in [1.82, 2.24) is 49.9 Å². The van der Waals surface area contributed by atoms with Crippen LogP contribution in [-0.4, -0.2) is 308 Å². The van der Waals surface area contributed by atoms with Crippen LogP contribution in [0.2, 0.25) is 0 Å². The number of hydrogen-bond acceptors (Lipinski definition) is 31. The fourth-order valence-electron chi connectivity index (χ4n) is 16.0. The molecule has 10 N–H and O–H groups in total. The number of unbranched alkanes of at least 4 members (excludes halogenated alkanes) is 1. The number of aromatic nitrogens is 8. The van der Waals surface area contributed by atoms with Crippen molar-refractivity contribution in [2.24, 2.45) is 29.4 Å². The Kier molecular flexibility index (Phi) is 43.0. The van der Waals surface area contributed by atoms with Gasteiger partial charge in [0.2, 0.25) is 11.7 Å². The maximum absolute atomic E-state index is 14.6. The normalized spacial score (nSPS) is 26.2. The Bertz CT molecular complexity index is 4270. The molecule has 4 aliphatic rings. The monoisotopic (exact) mass is 1750 g/mol. The summed E-state index contributed by atoms with van der Waals surface area (Å²) in [5.41, 5.74) is 17.8. The number of nitrogens with two attached hydrogens (primary N) is 2. The number of anilines is 1. The highest BCUT2D eigenvalue weighted by atomic mass is 16.6. The fraction of sp³-hybridized carbons (Fsp3) is 0.674. The van der Waals surface area contributed by atoms with Crippen LogP contribution in [0.25, 0.3) is 33.3 Å². The molecule has 14 atom stereocenters. The number of phenols is 1. The van der Waals surface area contributed by atoms with Gasteiger partial charge in [-0.25, -0.2) is 24.1 Å². The maximum atomic E-state index is 14.6. The van der Waals surface area contributed by atoms with E-state index in [9.17, 15) is 49.2 Å². The number of methoxy groups -OCH3 is 2. The molecule has 9 rings (SSSR count). The lowest BCUT2D eigenvalue weighted by Gasteiger charge is -2.40. The van der Waals surface area contributed by atoms with Gasteiger partial charge in [-0.3, -0.25) is 24.0 Å². The Hall–Kier alpha value is -8.25. The first-order valence-corrected chi connectivity index (χ1v) is 44.1. The maximum Gasteiger partial charge on any atom is 0.329 e. The summed E-state index contributed by atoms with van der Waals surface area (Å²) in [6, 6.07) is 4.66. The van der Waals surface area contributed by atoms with Gasteiger partial charge < -0.3 is 113 Å². The van der Waals surface area contributed by atoms with Gasteiger partial charge in [-0.2, -0.15) is 5.10 Å². The topological polar surface area (TPSA) is 470 Å². The number of cyclic esters (lactones) is 1. The molecule has 36 heteroatoms. The van der Waals surface area contributed by atoms with Crippen molar-refractivity contribution in [2.75, 3.05) is 159 Å². The summed E-state index contributed by atoms with van der Waals surface area (Å²) >= 11 is 0. The standard InChI is InChI=1S/C89H134N12O24/c1-59-16-9-8-10-17-60(2)75(112-6)54-68-18-15-25-89(111,125-68)84(108)87(109)99-27-13-11-19-73(99)88(110)124-76(55-74(103)61(3)49-63(5)82(106)83(107)81(105)62(4)48-59)69(90)50-64-20-23-72(77(51-64)113-7)101-56-66(96-98-101)57-123-47-46-122-45-44-121-43-42-120-41-40-119-39-38-118-37-36-117-35-34-116-33-32-115-31-30-114-29-24-78(104)92-26-12-14-28-100-86-79(85(91)93-58-94-86)80(97-100)71-53-65-52-67(102)21-22-70(65)95-71/h8-10,16-17,21-22,49,52-53,56,58-59,61-62,64,68-69,72-73,75-77,82-83,95,102,106-107,111H,11-15,18-20,23-48,50-51,54-55,57,90H2,1-7H3,(H,92,104)(H2,91,93,94)/b10-8+,16-9+,60-17+,63-49+/t59-,61-,62-,64+,68+,69-,72+,73+,75+,76+,77-,82-,83+,89-/m1/s1. The van der Waals surface area contributed by atoms with Crippen molar-refractivity contribution >= 4 is 62.9 Å². The van der Waals surface area contributed by atoms with Gasteiger partial charge in [0.1, 0.15) is 59.4 Å². The van der Waals surface area contributed by atoms with E-state index in [-0.39, 0.29) is 93.1 Å². The number of carbonyl (C=O) groups excluding carboxylic acids is 6. The summed E-state index contributed by atoms with van der Waals surface area (Å²) in [7, 11) is 3.18. The number of aromatic hydroxyl groups is 1. The molecule has 1 aliphatic carbocycles. The lowest BCUT2D eigenvalue weighted by atomic mass is 9.79. The van der Waals surface area contributed by atoms with E-state index in [1.807, 2.05) is 56.5 Å². The fourth-order valence-corrected chi connectivity index (χ4v) is 16.0. The number of carbonyl (C=O) groups is 6. The average Bonchev–Trinajstić information content (AvgIpc) is 1.63. The largest absolute Gasteiger partial charge is 0.508 e. The number of nitrogens with zero attached hydrogens (tertiary/aromatic N) is 8. The molecule has 0 unspecified atom stereocenters. The van der Waals surface area contributed by atoms with Gasteiger partial charge in [0.25, 0.3) is 11.7 Å². The number of Topliss-reactive ketones (excluding diaryl/α,β-unsaturated/α-hetero) is 3. The average molecular weight is 1760 g/mol. The molecule has 36 nitrogen and oxygen atoms in total. The number of allylic oxidation sites excluding steroid dienone is 6. The zero-order valence-corrected chi connectivity index (χ0v) is 73.7. The molecule has 3 fully saturated rings. The molecular formula is C89H134N12O24. The summed E-state index contributed by atoms with van der Waals surface area (Å²) in [6.45, 7) is 17.4. The molecule has 125 heavy (non-hydrogen) atoms. The van der Waals surface area contributed by atoms with Crippen molar-refractivity contribution in [2.45, 2.75) is 211 Å². The van der Waals surface area contributed by atoms with E-state index in [1.165, 1.54) is 19.3 Å². The molecule has 1 saturated carbocycles. The zero-order chi connectivity index (χ0) is 89.5. The van der Waals surface area contributed by atoms with Crippen LogP contribution in [0.4, 0.5) is 5.82 Å². The van der Waals surface area contributed by atoms with Gasteiger partial charge in [-0.05, 0) is 138 Å². The van der Waals surface area contributed by atoms with Gasteiger partial charge in [0.05, 0.1) is 174 Å². The lowest BCUT2D eigenvalue weighted by molar-refractivity contribution is -0.245. The number of phenolic OH excluding ortho intramolecular Hbond substituents is 1.